The zero-order chi connectivity index (χ0) is 21.1. The van der Waals surface area contributed by atoms with Crippen LogP contribution in [0.3, 0.4) is 0 Å². The summed E-state index contributed by atoms with van der Waals surface area (Å²) in [6.07, 6.45) is 11.6. The highest BCUT2D eigenvalue weighted by Crippen LogP contribution is 2.68. The summed E-state index contributed by atoms with van der Waals surface area (Å²) in [4.78, 5) is 0. The molecule has 5 rings (SSSR count). The molecule has 4 aliphatic carbocycles. The van der Waals surface area contributed by atoms with Crippen LogP contribution in [0.2, 0.25) is 0 Å². The molecule has 9 atom stereocenters. The molecule has 0 spiro atoms. The van der Waals surface area contributed by atoms with Crippen molar-refractivity contribution in [2.75, 3.05) is 0 Å². The molecule has 0 N–H and O–H groups in total. The van der Waals surface area contributed by atoms with Crippen LogP contribution >= 0.6 is 0 Å². The van der Waals surface area contributed by atoms with E-state index in [0.717, 1.165) is 29.4 Å². The van der Waals surface area contributed by atoms with Crippen molar-refractivity contribution in [2.45, 2.75) is 85.2 Å². The Morgan fingerprint density at radius 3 is 2.40 bits per heavy atom. The number of rotatable bonds is 2. The first-order chi connectivity index (χ1) is 14.4. The molecule has 0 bridgehead atoms. The largest absolute Gasteiger partial charge is 0.490 e. The first-order valence-corrected chi connectivity index (χ1v) is 12.5. The molecule has 0 heterocycles. The van der Waals surface area contributed by atoms with Crippen LogP contribution in [0.4, 0.5) is 0 Å². The van der Waals surface area contributed by atoms with Crippen molar-refractivity contribution in [2.24, 2.45) is 46.3 Å². The van der Waals surface area contributed by atoms with Gasteiger partial charge in [0.25, 0.3) is 0 Å². The van der Waals surface area contributed by atoms with E-state index in [1.165, 1.54) is 51.4 Å². The predicted octanol–water partition coefficient (Wildman–Crippen LogP) is 7.23. The van der Waals surface area contributed by atoms with E-state index < -0.39 is 0 Å². The van der Waals surface area contributed by atoms with Crippen molar-refractivity contribution in [1.29, 1.82) is 5.26 Å². The van der Waals surface area contributed by atoms with Crippen LogP contribution < -0.4 is 4.74 Å². The van der Waals surface area contributed by atoms with Gasteiger partial charge in [-0.1, -0.05) is 47.0 Å². The van der Waals surface area contributed by atoms with Crippen molar-refractivity contribution >= 4 is 0 Å². The van der Waals surface area contributed by atoms with E-state index in [1.807, 2.05) is 24.3 Å². The number of ether oxygens (including phenoxy) is 1. The number of fused-ring (bicyclic) bond motifs is 5. The maximum absolute atomic E-state index is 9.16. The van der Waals surface area contributed by atoms with Gasteiger partial charge in [-0.2, -0.15) is 5.26 Å². The Morgan fingerprint density at radius 2 is 1.67 bits per heavy atom. The summed E-state index contributed by atoms with van der Waals surface area (Å²) in [5.74, 6) is 5.49. The predicted molar refractivity (Wildman–Crippen MR) is 121 cm³/mol. The first kappa shape index (κ1) is 20.4. The minimum atomic E-state index is 0.294. The third-order valence-corrected chi connectivity index (χ3v) is 10.4. The Hall–Kier alpha value is -1.49. The fourth-order valence-corrected chi connectivity index (χ4v) is 9.11. The molecule has 30 heavy (non-hydrogen) atoms. The van der Waals surface area contributed by atoms with Gasteiger partial charge in [-0.05, 0) is 96.8 Å². The molecule has 1 unspecified atom stereocenters. The lowest BCUT2D eigenvalue weighted by Gasteiger charge is -2.65. The summed E-state index contributed by atoms with van der Waals surface area (Å²) >= 11 is 0. The standard InChI is InChI=1S/C28H39NO/c1-18-7-5-15-28(4)23-13-16-27(3)14-6-8-22(27)24(23)19(2)26(25(18)28)30-21-11-9-20(17-29)10-12-21/h9-12,18-19,22-26H,5-8,13-16H2,1-4H3/t18?,19-,22+,23+,24+,25-,26-,27+,28-/m1/s1. The maximum atomic E-state index is 9.16. The van der Waals surface area contributed by atoms with Gasteiger partial charge in [0.1, 0.15) is 11.9 Å². The molecule has 0 saturated heterocycles. The van der Waals surface area contributed by atoms with E-state index in [-0.39, 0.29) is 0 Å². The summed E-state index contributed by atoms with van der Waals surface area (Å²) in [5.41, 5.74) is 1.69. The highest BCUT2D eigenvalue weighted by Gasteiger charge is 2.63. The van der Waals surface area contributed by atoms with Crippen LogP contribution in [0, 0.1) is 57.7 Å². The fraction of sp³-hybridized carbons (Fsp3) is 0.750. The summed E-state index contributed by atoms with van der Waals surface area (Å²) in [5, 5.41) is 9.16. The van der Waals surface area contributed by atoms with Crippen molar-refractivity contribution in [3.05, 3.63) is 29.8 Å². The first-order valence-electron chi connectivity index (χ1n) is 12.5. The molecule has 2 nitrogen and oxygen atoms in total. The molecule has 4 aliphatic rings. The van der Waals surface area contributed by atoms with Crippen LogP contribution in [0.15, 0.2) is 24.3 Å². The number of hydrogen-bond donors (Lipinski definition) is 0. The van der Waals surface area contributed by atoms with Gasteiger partial charge in [-0.3, -0.25) is 0 Å². The molecule has 162 valence electrons. The Bertz CT molecular complexity index is 824. The number of nitriles is 1. The van der Waals surface area contributed by atoms with Crippen LogP contribution in [-0.2, 0) is 0 Å². The molecular formula is C28H39NO. The van der Waals surface area contributed by atoms with Crippen LogP contribution in [0.25, 0.3) is 0 Å². The Morgan fingerprint density at radius 1 is 0.933 bits per heavy atom. The smallest absolute Gasteiger partial charge is 0.119 e. The second-order valence-electron chi connectivity index (χ2n) is 11.9. The third kappa shape index (κ3) is 2.95. The van der Waals surface area contributed by atoms with Crippen molar-refractivity contribution in [3.63, 3.8) is 0 Å². The Kier molecular flexibility index (Phi) is 4.96. The number of benzene rings is 1. The zero-order valence-electron chi connectivity index (χ0n) is 19.4. The summed E-state index contributed by atoms with van der Waals surface area (Å²) < 4.78 is 6.89. The average molecular weight is 406 g/mol. The minimum absolute atomic E-state index is 0.294. The molecule has 0 amide bonds. The van der Waals surface area contributed by atoms with Crippen molar-refractivity contribution in [3.8, 4) is 11.8 Å². The van der Waals surface area contributed by atoms with E-state index in [4.69, 9.17) is 10.00 Å². The van der Waals surface area contributed by atoms with E-state index in [0.29, 0.717) is 34.3 Å². The van der Waals surface area contributed by atoms with Crippen molar-refractivity contribution in [1.82, 2.24) is 0 Å². The van der Waals surface area contributed by atoms with E-state index in [9.17, 15) is 0 Å². The normalized spacial score (nSPS) is 47.5. The summed E-state index contributed by atoms with van der Waals surface area (Å²) in [7, 11) is 0. The lowest BCUT2D eigenvalue weighted by Crippen LogP contribution is -2.63. The molecule has 1 aromatic carbocycles. The topological polar surface area (TPSA) is 33.0 Å². The van der Waals surface area contributed by atoms with Gasteiger partial charge < -0.3 is 4.74 Å². The molecule has 1 aromatic rings. The average Bonchev–Trinajstić information content (AvgIpc) is 3.13. The lowest BCUT2D eigenvalue weighted by molar-refractivity contribution is -0.189. The Labute approximate surface area is 183 Å². The van der Waals surface area contributed by atoms with Gasteiger partial charge in [0.05, 0.1) is 11.6 Å². The molecule has 0 aliphatic heterocycles. The molecular weight excluding hydrogens is 366 g/mol. The second-order valence-corrected chi connectivity index (χ2v) is 11.9. The van der Waals surface area contributed by atoms with Crippen LogP contribution in [0.1, 0.15) is 84.6 Å². The van der Waals surface area contributed by atoms with E-state index >= 15 is 0 Å². The summed E-state index contributed by atoms with van der Waals surface area (Å²) in [6, 6.07) is 10.1. The molecule has 0 aromatic heterocycles. The van der Waals surface area contributed by atoms with E-state index in [1.54, 1.807) is 0 Å². The second kappa shape index (κ2) is 7.29. The Balaban J connectivity index is 1.53. The van der Waals surface area contributed by atoms with Gasteiger partial charge in [0.2, 0.25) is 0 Å². The fourth-order valence-electron chi connectivity index (χ4n) is 9.11. The monoisotopic (exact) mass is 405 g/mol. The molecule has 2 heteroatoms. The van der Waals surface area contributed by atoms with E-state index in [2.05, 4.69) is 33.8 Å². The SMILES string of the molecule is CC1CCC[C@@]2(C)[C@H]1[C@H](Oc1ccc(C#N)cc1)[C@H](C)[C@H]1[C@@H]3CCC[C@@]3(C)CC[C@@H]12. The minimum Gasteiger partial charge on any atom is -0.490 e. The van der Waals surface area contributed by atoms with Crippen LogP contribution in [-0.4, -0.2) is 6.10 Å². The third-order valence-electron chi connectivity index (χ3n) is 10.4. The summed E-state index contributed by atoms with van der Waals surface area (Å²) in [6.45, 7) is 10.3. The number of hydrogen-bond acceptors (Lipinski definition) is 2. The quantitative estimate of drug-likeness (QED) is 0.520. The van der Waals surface area contributed by atoms with Crippen molar-refractivity contribution < 1.29 is 4.74 Å². The van der Waals surface area contributed by atoms with Gasteiger partial charge in [-0.25, -0.2) is 0 Å². The molecule has 4 fully saturated rings. The van der Waals surface area contributed by atoms with Gasteiger partial charge in [0.15, 0.2) is 0 Å². The van der Waals surface area contributed by atoms with Crippen LogP contribution in [0.5, 0.6) is 5.75 Å². The van der Waals surface area contributed by atoms with Gasteiger partial charge >= 0.3 is 0 Å². The van der Waals surface area contributed by atoms with Gasteiger partial charge in [-0.15, -0.1) is 0 Å². The lowest BCUT2D eigenvalue weighted by atomic mass is 9.41. The van der Waals surface area contributed by atoms with Gasteiger partial charge in [0, 0.05) is 5.92 Å². The highest BCUT2D eigenvalue weighted by atomic mass is 16.5. The highest BCUT2D eigenvalue weighted by molar-refractivity contribution is 5.34. The molecule has 4 saturated carbocycles. The maximum Gasteiger partial charge on any atom is 0.119 e. The number of nitrogens with zero attached hydrogens (tertiary/aromatic N) is 1. The molecule has 0 radical (unpaired) electrons. The zero-order valence-corrected chi connectivity index (χ0v) is 19.4.